The summed E-state index contributed by atoms with van der Waals surface area (Å²) in [6.07, 6.45) is 17.4. The summed E-state index contributed by atoms with van der Waals surface area (Å²) in [6, 6.07) is 0. The Labute approximate surface area is 117 Å². The minimum absolute atomic E-state index is 0.923. The summed E-state index contributed by atoms with van der Waals surface area (Å²) in [4.78, 5) is 0. The highest BCUT2D eigenvalue weighted by molar-refractivity contribution is 14.1. The van der Waals surface area contributed by atoms with Crippen molar-refractivity contribution in [3.63, 3.8) is 0 Å². The molecule has 0 saturated heterocycles. The molecule has 16 heavy (non-hydrogen) atoms. The number of hydrogen-bond acceptors (Lipinski definition) is 0. The molecule has 0 saturated carbocycles. The first-order valence-electron chi connectivity index (χ1n) is 7.45. The van der Waals surface area contributed by atoms with Crippen molar-refractivity contribution in [2.24, 2.45) is 0 Å². The molecule has 0 aromatic heterocycles. The molecule has 0 spiro atoms. The van der Waals surface area contributed by atoms with E-state index in [1.54, 1.807) is 0 Å². The Morgan fingerprint density at radius 2 is 1.12 bits per heavy atom. The summed E-state index contributed by atoms with van der Waals surface area (Å²) in [5.74, 6) is 0. The van der Waals surface area contributed by atoms with Gasteiger partial charge in [0.05, 0.1) is 0 Å². The lowest BCUT2D eigenvalue weighted by molar-refractivity contribution is 0.547. The Kier molecular flexibility index (Phi) is 14.4. The van der Waals surface area contributed by atoms with E-state index >= 15 is 0 Å². The van der Waals surface area contributed by atoms with Crippen LogP contribution in [0.2, 0.25) is 0 Å². The van der Waals surface area contributed by atoms with Crippen LogP contribution in [0.15, 0.2) is 0 Å². The summed E-state index contributed by atoms with van der Waals surface area (Å²) in [5, 5.41) is 0. The molecule has 98 valence electrons. The maximum atomic E-state index is 2.59. The van der Waals surface area contributed by atoms with Gasteiger partial charge in [-0.1, -0.05) is 101 Å². The standard InChI is InChI=1S/C15H31I/c1-3-5-6-7-8-9-10-11-12-13-14-15(16)4-2/h15H,3-14H2,1-2H3. The average Bonchev–Trinajstić information content (AvgIpc) is 2.31. The Morgan fingerprint density at radius 1 is 0.688 bits per heavy atom. The summed E-state index contributed by atoms with van der Waals surface area (Å²) < 4.78 is 0.923. The molecule has 0 aliphatic heterocycles. The van der Waals surface area contributed by atoms with Crippen molar-refractivity contribution in [1.82, 2.24) is 0 Å². The van der Waals surface area contributed by atoms with Gasteiger partial charge >= 0.3 is 0 Å². The molecule has 0 rings (SSSR count). The molecule has 0 amide bonds. The van der Waals surface area contributed by atoms with Crippen molar-refractivity contribution >= 4 is 22.6 Å². The van der Waals surface area contributed by atoms with Crippen LogP contribution in [0.1, 0.15) is 90.9 Å². The van der Waals surface area contributed by atoms with Crippen molar-refractivity contribution in [2.45, 2.75) is 94.8 Å². The van der Waals surface area contributed by atoms with Gasteiger partial charge in [0.1, 0.15) is 0 Å². The summed E-state index contributed by atoms with van der Waals surface area (Å²) in [6.45, 7) is 4.59. The van der Waals surface area contributed by atoms with E-state index in [1.807, 2.05) is 0 Å². The molecule has 0 aliphatic rings. The molecule has 1 unspecified atom stereocenters. The number of unbranched alkanes of at least 4 members (excludes halogenated alkanes) is 9. The summed E-state index contributed by atoms with van der Waals surface area (Å²) in [5.41, 5.74) is 0. The van der Waals surface area contributed by atoms with Gasteiger partial charge in [-0.25, -0.2) is 0 Å². The van der Waals surface area contributed by atoms with Crippen molar-refractivity contribution in [1.29, 1.82) is 0 Å². The SMILES string of the molecule is CCCCCCCCCCCCC(I)CC. The first-order valence-corrected chi connectivity index (χ1v) is 8.69. The van der Waals surface area contributed by atoms with E-state index in [-0.39, 0.29) is 0 Å². The van der Waals surface area contributed by atoms with E-state index in [2.05, 4.69) is 36.4 Å². The van der Waals surface area contributed by atoms with Crippen LogP contribution in [0.4, 0.5) is 0 Å². The van der Waals surface area contributed by atoms with Crippen LogP contribution in [-0.2, 0) is 0 Å². The predicted octanol–water partition coefficient (Wildman–Crippen LogP) is 6.51. The van der Waals surface area contributed by atoms with E-state index in [9.17, 15) is 0 Å². The third kappa shape index (κ3) is 12.8. The lowest BCUT2D eigenvalue weighted by Gasteiger charge is -2.06. The fourth-order valence-corrected chi connectivity index (χ4v) is 2.50. The molecular formula is C15H31I. The molecule has 0 radical (unpaired) electrons. The molecule has 0 bridgehead atoms. The number of alkyl halides is 1. The third-order valence-corrected chi connectivity index (χ3v) is 4.82. The zero-order valence-electron chi connectivity index (χ0n) is 11.4. The van der Waals surface area contributed by atoms with Gasteiger partial charge in [-0.05, 0) is 12.8 Å². The first-order chi connectivity index (χ1) is 7.81. The Balaban J connectivity index is 2.93. The molecule has 0 N–H and O–H groups in total. The van der Waals surface area contributed by atoms with E-state index in [0.717, 1.165) is 3.92 Å². The lowest BCUT2D eigenvalue weighted by Crippen LogP contribution is -1.94. The highest BCUT2D eigenvalue weighted by Gasteiger charge is 1.99. The lowest BCUT2D eigenvalue weighted by atomic mass is 10.1. The van der Waals surface area contributed by atoms with Gasteiger partial charge < -0.3 is 0 Å². The van der Waals surface area contributed by atoms with Gasteiger partial charge in [-0.3, -0.25) is 0 Å². The molecule has 1 heteroatoms. The molecule has 0 aromatic rings. The number of rotatable bonds is 12. The second kappa shape index (κ2) is 13.8. The highest BCUT2D eigenvalue weighted by Crippen LogP contribution is 2.16. The van der Waals surface area contributed by atoms with Gasteiger partial charge in [0.15, 0.2) is 0 Å². The van der Waals surface area contributed by atoms with E-state index in [1.165, 1.54) is 77.0 Å². The zero-order valence-corrected chi connectivity index (χ0v) is 13.6. The Morgan fingerprint density at radius 3 is 1.56 bits per heavy atom. The Bertz CT molecular complexity index is 123. The van der Waals surface area contributed by atoms with Gasteiger partial charge in [0, 0.05) is 3.92 Å². The van der Waals surface area contributed by atoms with Crippen molar-refractivity contribution in [2.75, 3.05) is 0 Å². The summed E-state index contributed by atoms with van der Waals surface area (Å²) >= 11 is 2.59. The second-order valence-electron chi connectivity index (χ2n) is 4.98. The molecule has 0 aliphatic carbocycles. The van der Waals surface area contributed by atoms with Crippen LogP contribution in [0.25, 0.3) is 0 Å². The van der Waals surface area contributed by atoms with Crippen LogP contribution in [0.5, 0.6) is 0 Å². The number of hydrogen-bond donors (Lipinski definition) is 0. The predicted molar refractivity (Wildman–Crippen MR) is 84.6 cm³/mol. The van der Waals surface area contributed by atoms with Gasteiger partial charge in [-0.15, -0.1) is 0 Å². The van der Waals surface area contributed by atoms with Crippen molar-refractivity contribution in [3.8, 4) is 0 Å². The minimum Gasteiger partial charge on any atom is -0.0826 e. The van der Waals surface area contributed by atoms with Crippen LogP contribution in [-0.4, -0.2) is 3.92 Å². The summed E-state index contributed by atoms with van der Waals surface area (Å²) in [7, 11) is 0. The first kappa shape index (κ1) is 16.7. The number of halogens is 1. The van der Waals surface area contributed by atoms with E-state index in [0.29, 0.717) is 0 Å². The molecule has 0 nitrogen and oxygen atoms in total. The molecule has 0 fully saturated rings. The smallest absolute Gasteiger partial charge is 0.0107 e. The average molecular weight is 338 g/mol. The molecule has 0 heterocycles. The fraction of sp³-hybridized carbons (Fsp3) is 1.00. The molecular weight excluding hydrogens is 307 g/mol. The van der Waals surface area contributed by atoms with Gasteiger partial charge in [0.2, 0.25) is 0 Å². The maximum Gasteiger partial charge on any atom is 0.0107 e. The monoisotopic (exact) mass is 338 g/mol. The van der Waals surface area contributed by atoms with Crippen molar-refractivity contribution in [3.05, 3.63) is 0 Å². The molecule has 1 atom stereocenters. The normalized spacial score (nSPS) is 12.9. The third-order valence-electron chi connectivity index (χ3n) is 3.31. The van der Waals surface area contributed by atoms with E-state index in [4.69, 9.17) is 0 Å². The van der Waals surface area contributed by atoms with Gasteiger partial charge in [0.25, 0.3) is 0 Å². The van der Waals surface area contributed by atoms with Crippen LogP contribution < -0.4 is 0 Å². The van der Waals surface area contributed by atoms with Crippen LogP contribution in [0.3, 0.4) is 0 Å². The molecule has 0 aromatic carbocycles. The second-order valence-corrected chi connectivity index (χ2v) is 6.74. The largest absolute Gasteiger partial charge is 0.0826 e. The zero-order chi connectivity index (χ0) is 12.1. The van der Waals surface area contributed by atoms with E-state index < -0.39 is 0 Å². The van der Waals surface area contributed by atoms with Crippen molar-refractivity contribution < 1.29 is 0 Å². The Hall–Kier alpha value is 0.730. The minimum atomic E-state index is 0.923. The topological polar surface area (TPSA) is 0 Å². The highest BCUT2D eigenvalue weighted by atomic mass is 127. The van der Waals surface area contributed by atoms with Crippen LogP contribution in [0, 0.1) is 0 Å². The van der Waals surface area contributed by atoms with Gasteiger partial charge in [-0.2, -0.15) is 0 Å². The quantitative estimate of drug-likeness (QED) is 0.216. The fourth-order valence-electron chi connectivity index (χ4n) is 2.06. The maximum absolute atomic E-state index is 2.59. The van der Waals surface area contributed by atoms with Crippen LogP contribution >= 0.6 is 22.6 Å².